The summed E-state index contributed by atoms with van der Waals surface area (Å²) in [4.78, 5) is 20.0. The lowest BCUT2D eigenvalue weighted by Crippen LogP contribution is -2.42. The molecule has 1 atom stereocenters. The molecule has 6 rings (SSSR count). The van der Waals surface area contributed by atoms with Gasteiger partial charge in [-0.25, -0.2) is 4.98 Å². The summed E-state index contributed by atoms with van der Waals surface area (Å²) in [5.41, 5.74) is 12.0. The highest BCUT2D eigenvalue weighted by molar-refractivity contribution is 6.10. The number of carbonyl (C=O) groups is 1. The van der Waals surface area contributed by atoms with Crippen LogP contribution in [0.4, 0.5) is 5.69 Å². The lowest BCUT2D eigenvalue weighted by molar-refractivity contribution is 0.102. The molecule has 36 heavy (non-hydrogen) atoms. The zero-order valence-electron chi connectivity index (χ0n) is 20.3. The summed E-state index contributed by atoms with van der Waals surface area (Å²) in [6.45, 7) is 4.66. The van der Waals surface area contributed by atoms with Crippen LogP contribution in [0.25, 0.3) is 27.6 Å². The normalized spacial score (nSPS) is 16.6. The number of rotatable bonds is 5. The summed E-state index contributed by atoms with van der Waals surface area (Å²) in [6, 6.07) is 19.9. The predicted molar refractivity (Wildman–Crippen MR) is 142 cm³/mol. The van der Waals surface area contributed by atoms with Gasteiger partial charge in [-0.05, 0) is 74.3 Å². The Morgan fingerprint density at radius 2 is 1.97 bits per heavy atom. The van der Waals surface area contributed by atoms with Crippen molar-refractivity contribution in [3.8, 4) is 5.69 Å². The molecular formula is C29H29N5O2. The minimum absolute atomic E-state index is 0.178. The second kappa shape index (κ2) is 9.26. The molecule has 7 heteroatoms. The van der Waals surface area contributed by atoms with E-state index >= 15 is 0 Å². The third-order valence-electron chi connectivity index (χ3n) is 6.83. The second-order valence-electron chi connectivity index (χ2n) is 9.71. The first-order valence-corrected chi connectivity index (χ1v) is 12.4. The van der Waals surface area contributed by atoms with Gasteiger partial charge in [-0.3, -0.25) is 9.69 Å². The molecule has 0 saturated carbocycles. The largest absolute Gasteiger partial charge is 0.456 e. The number of hydrogen-bond donors (Lipinski definition) is 2. The summed E-state index contributed by atoms with van der Waals surface area (Å²) >= 11 is 0. The molecule has 0 unspecified atom stereocenters. The van der Waals surface area contributed by atoms with Crippen molar-refractivity contribution in [2.45, 2.75) is 32.4 Å². The smallest absolute Gasteiger partial charge is 0.255 e. The van der Waals surface area contributed by atoms with Crippen LogP contribution in [0.5, 0.6) is 0 Å². The molecule has 0 spiro atoms. The fourth-order valence-corrected chi connectivity index (χ4v) is 5.11. The Hall–Kier alpha value is -3.94. The Morgan fingerprint density at radius 3 is 2.81 bits per heavy atom. The third kappa shape index (κ3) is 4.51. The van der Waals surface area contributed by atoms with Crippen molar-refractivity contribution in [2.24, 2.45) is 5.73 Å². The molecule has 1 aliphatic rings. The maximum Gasteiger partial charge on any atom is 0.255 e. The summed E-state index contributed by atoms with van der Waals surface area (Å²) in [7, 11) is 0. The highest BCUT2D eigenvalue weighted by Crippen LogP contribution is 2.29. The van der Waals surface area contributed by atoms with E-state index < -0.39 is 0 Å². The van der Waals surface area contributed by atoms with Crippen LogP contribution in [0, 0.1) is 6.92 Å². The molecular weight excluding hydrogens is 450 g/mol. The first-order valence-electron chi connectivity index (χ1n) is 12.4. The van der Waals surface area contributed by atoms with Crippen molar-refractivity contribution in [1.29, 1.82) is 0 Å². The number of carbonyl (C=O) groups excluding carboxylic acids is 1. The van der Waals surface area contributed by atoms with Gasteiger partial charge in [-0.1, -0.05) is 18.2 Å². The predicted octanol–water partition coefficient (Wildman–Crippen LogP) is 5.26. The lowest BCUT2D eigenvalue weighted by atomic mass is 10.0. The SMILES string of the molecule is Cc1cn(-c2cc(CN3CCC[C@H](N)C3)cc(NC(=O)c3ccc4c(c3)oc3ccccc34)c2)cn1. The molecule has 3 N–H and O–H groups in total. The molecule has 1 amide bonds. The van der Waals surface area contributed by atoms with E-state index in [1.807, 2.05) is 72.3 Å². The lowest BCUT2D eigenvalue weighted by Gasteiger charge is -2.30. The number of nitrogens with one attached hydrogen (secondary N) is 1. The average molecular weight is 480 g/mol. The highest BCUT2D eigenvalue weighted by Gasteiger charge is 2.18. The summed E-state index contributed by atoms with van der Waals surface area (Å²) < 4.78 is 7.96. The van der Waals surface area contributed by atoms with Gasteiger partial charge in [0, 0.05) is 53.0 Å². The van der Waals surface area contributed by atoms with Gasteiger partial charge in [0.1, 0.15) is 11.2 Å². The number of piperidine rings is 1. The number of para-hydroxylation sites is 1. The number of fused-ring (bicyclic) bond motifs is 3. The van der Waals surface area contributed by atoms with E-state index in [4.69, 9.17) is 10.2 Å². The molecule has 0 bridgehead atoms. The van der Waals surface area contributed by atoms with E-state index in [9.17, 15) is 4.79 Å². The number of nitrogens with zero attached hydrogens (tertiary/aromatic N) is 3. The van der Waals surface area contributed by atoms with Crippen LogP contribution >= 0.6 is 0 Å². The number of hydrogen-bond acceptors (Lipinski definition) is 5. The fourth-order valence-electron chi connectivity index (χ4n) is 5.11. The Balaban J connectivity index is 1.30. The maximum absolute atomic E-state index is 13.3. The Bertz CT molecular complexity index is 1570. The van der Waals surface area contributed by atoms with Gasteiger partial charge in [0.2, 0.25) is 0 Å². The molecule has 0 radical (unpaired) electrons. The second-order valence-corrected chi connectivity index (χ2v) is 9.71. The van der Waals surface area contributed by atoms with Crippen molar-refractivity contribution < 1.29 is 9.21 Å². The Labute approximate surface area is 209 Å². The van der Waals surface area contributed by atoms with Crippen LogP contribution in [-0.4, -0.2) is 39.5 Å². The maximum atomic E-state index is 13.3. The molecule has 1 saturated heterocycles. The van der Waals surface area contributed by atoms with Crippen molar-refractivity contribution in [1.82, 2.24) is 14.5 Å². The number of anilines is 1. The number of amides is 1. The molecule has 5 aromatic rings. The van der Waals surface area contributed by atoms with Gasteiger partial charge >= 0.3 is 0 Å². The molecule has 3 heterocycles. The van der Waals surface area contributed by atoms with Gasteiger partial charge < -0.3 is 20.0 Å². The minimum atomic E-state index is -0.178. The fraction of sp³-hybridized carbons (Fsp3) is 0.241. The van der Waals surface area contributed by atoms with E-state index in [1.54, 1.807) is 6.33 Å². The topological polar surface area (TPSA) is 89.3 Å². The van der Waals surface area contributed by atoms with Gasteiger partial charge in [-0.2, -0.15) is 0 Å². The van der Waals surface area contributed by atoms with E-state index in [2.05, 4.69) is 21.3 Å². The number of imidazole rings is 1. The highest BCUT2D eigenvalue weighted by atomic mass is 16.3. The van der Waals surface area contributed by atoms with Crippen LogP contribution in [0.1, 0.15) is 34.5 Å². The third-order valence-corrected chi connectivity index (χ3v) is 6.83. The van der Waals surface area contributed by atoms with Crippen LogP contribution < -0.4 is 11.1 Å². The molecule has 1 aliphatic heterocycles. The quantitative estimate of drug-likeness (QED) is 0.359. The number of furan rings is 1. The molecule has 2 aromatic heterocycles. The number of benzene rings is 3. The Morgan fingerprint density at radius 1 is 1.11 bits per heavy atom. The summed E-state index contributed by atoms with van der Waals surface area (Å²) in [5, 5.41) is 5.15. The summed E-state index contributed by atoms with van der Waals surface area (Å²) in [6.07, 6.45) is 5.96. The standard InChI is InChI=1S/C29H29N5O2/c1-19-15-34(18-31-19)24-12-20(16-33-10-4-5-22(30)17-33)11-23(14-24)32-29(35)21-8-9-26-25-6-2-3-7-27(25)36-28(26)13-21/h2-3,6-9,11-15,18,22H,4-5,10,16-17,30H2,1H3,(H,32,35)/t22-/m0/s1. The van der Waals surface area contributed by atoms with Crippen molar-refractivity contribution in [3.63, 3.8) is 0 Å². The van der Waals surface area contributed by atoms with Gasteiger partial charge in [0.15, 0.2) is 0 Å². The van der Waals surface area contributed by atoms with E-state index in [0.717, 1.165) is 71.5 Å². The first-order chi connectivity index (χ1) is 17.5. The zero-order valence-corrected chi connectivity index (χ0v) is 20.3. The first kappa shape index (κ1) is 22.5. The zero-order chi connectivity index (χ0) is 24.6. The van der Waals surface area contributed by atoms with Gasteiger partial charge in [-0.15, -0.1) is 0 Å². The average Bonchev–Trinajstić information content (AvgIpc) is 3.47. The molecule has 0 aliphatic carbocycles. The van der Waals surface area contributed by atoms with Crippen molar-refractivity contribution >= 4 is 33.5 Å². The number of likely N-dealkylation sites (tertiary alicyclic amines) is 1. The summed E-state index contributed by atoms with van der Waals surface area (Å²) in [5.74, 6) is -0.178. The van der Waals surface area contributed by atoms with Crippen LogP contribution in [-0.2, 0) is 6.54 Å². The van der Waals surface area contributed by atoms with Gasteiger partial charge in [0.05, 0.1) is 12.0 Å². The molecule has 3 aromatic carbocycles. The van der Waals surface area contributed by atoms with Crippen LogP contribution in [0.15, 0.2) is 77.6 Å². The van der Waals surface area contributed by atoms with Gasteiger partial charge in [0.25, 0.3) is 5.91 Å². The number of aromatic nitrogens is 2. The molecule has 182 valence electrons. The van der Waals surface area contributed by atoms with Crippen LogP contribution in [0.2, 0.25) is 0 Å². The number of aryl methyl sites for hydroxylation is 1. The van der Waals surface area contributed by atoms with Crippen LogP contribution in [0.3, 0.4) is 0 Å². The van der Waals surface area contributed by atoms with E-state index in [-0.39, 0.29) is 11.9 Å². The molecule has 1 fully saturated rings. The monoisotopic (exact) mass is 479 g/mol. The van der Waals surface area contributed by atoms with Crippen molar-refractivity contribution in [3.05, 3.63) is 90.0 Å². The van der Waals surface area contributed by atoms with E-state index in [1.165, 1.54) is 0 Å². The Kier molecular flexibility index (Phi) is 5.79. The molecule has 7 nitrogen and oxygen atoms in total. The van der Waals surface area contributed by atoms with E-state index in [0.29, 0.717) is 11.1 Å². The minimum Gasteiger partial charge on any atom is -0.456 e. The number of nitrogens with two attached hydrogens (primary N) is 1. The van der Waals surface area contributed by atoms with Crippen molar-refractivity contribution in [2.75, 3.05) is 18.4 Å².